The molecular formula is C27H37ClN2O2S. The maximum atomic E-state index is 13.1. The predicted octanol–water partition coefficient (Wildman–Crippen LogP) is 5.58. The maximum Gasteiger partial charge on any atom is 0.223 e. The molecule has 3 atom stereocenters. The number of amides is 1. The second-order valence-corrected chi connectivity index (χ2v) is 11.6. The van der Waals surface area contributed by atoms with Crippen molar-refractivity contribution in [1.29, 1.82) is 0 Å². The van der Waals surface area contributed by atoms with Gasteiger partial charge in [-0.25, -0.2) is 0 Å². The van der Waals surface area contributed by atoms with Crippen molar-refractivity contribution in [3.8, 4) is 0 Å². The number of allylic oxidation sites excluding steroid dienone is 1. The third kappa shape index (κ3) is 5.63. The van der Waals surface area contributed by atoms with E-state index in [9.17, 15) is 4.79 Å². The van der Waals surface area contributed by atoms with Crippen molar-refractivity contribution in [3.05, 3.63) is 45.3 Å². The van der Waals surface area contributed by atoms with Crippen LogP contribution in [0.1, 0.15) is 56.4 Å². The van der Waals surface area contributed by atoms with E-state index < -0.39 is 0 Å². The van der Waals surface area contributed by atoms with Crippen LogP contribution in [0.2, 0.25) is 5.02 Å². The minimum atomic E-state index is 0.321. The number of thioether (sulfide) groups is 1. The number of ether oxygens (including phenoxy) is 1. The summed E-state index contributed by atoms with van der Waals surface area (Å²) in [6.07, 6.45) is 8.43. The summed E-state index contributed by atoms with van der Waals surface area (Å²) in [5.74, 6) is 2.93. The molecule has 2 saturated heterocycles. The van der Waals surface area contributed by atoms with Gasteiger partial charge >= 0.3 is 0 Å². The van der Waals surface area contributed by atoms with Crippen LogP contribution in [0.5, 0.6) is 0 Å². The molecule has 180 valence electrons. The van der Waals surface area contributed by atoms with Crippen molar-refractivity contribution in [1.82, 2.24) is 9.80 Å². The van der Waals surface area contributed by atoms with Gasteiger partial charge in [0.1, 0.15) is 0 Å². The van der Waals surface area contributed by atoms with E-state index in [0.717, 1.165) is 30.4 Å². The van der Waals surface area contributed by atoms with E-state index >= 15 is 0 Å². The van der Waals surface area contributed by atoms with Crippen LogP contribution in [0.25, 0.3) is 0 Å². The van der Waals surface area contributed by atoms with Crippen molar-refractivity contribution in [2.24, 2.45) is 11.8 Å². The highest BCUT2D eigenvalue weighted by molar-refractivity contribution is 8.03. The summed E-state index contributed by atoms with van der Waals surface area (Å²) in [5.41, 5.74) is 3.03. The summed E-state index contributed by atoms with van der Waals surface area (Å²) in [5, 5.41) is 0.817. The lowest BCUT2D eigenvalue weighted by molar-refractivity contribution is -0.135. The first-order valence-electron chi connectivity index (χ1n) is 12.9. The normalized spacial score (nSPS) is 29.1. The largest absolute Gasteiger partial charge is 0.378 e. The van der Waals surface area contributed by atoms with E-state index in [4.69, 9.17) is 16.3 Å². The molecule has 0 spiro atoms. The minimum Gasteiger partial charge on any atom is -0.378 e. The Hall–Kier alpha value is -1.01. The Kier molecular flexibility index (Phi) is 8.02. The molecule has 1 aliphatic carbocycles. The fraction of sp³-hybridized carbons (Fsp3) is 0.667. The molecule has 33 heavy (non-hydrogen) atoms. The van der Waals surface area contributed by atoms with E-state index in [1.54, 1.807) is 10.5 Å². The van der Waals surface area contributed by atoms with Crippen LogP contribution < -0.4 is 0 Å². The fourth-order valence-electron chi connectivity index (χ4n) is 6.21. The van der Waals surface area contributed by atoms with Gasteiger partial charge in [-0.05, 0) is 78.8 Å². The van der Waals surface area contributed by atoms with Crippen LogP contribution in [-0.4, -0.2) is 67.4 Å². The van der Waals surface area contributed by atoms with Gasteiger partial charge in [-0.3, -0.25) is 9.69 Å². The number of hydrogen-bond donors (Lipinski definition) is 0. The first-order valence-corrected chi connectivity index (χ1v) is 14.2. The van der Waals surface area contributed by atoms with Gasteiger partial charge in [0, 0.05) is 42.7 Å². The highest BCUT2D eigenvalue weighted by Gasteiger charge is 2.38. The lowest BCUT2D eigenvalue weighted by atomic mass is 9.74. The smallest absolute Gasteiger partial charge is 0.223 e. The Morgan fingerprint density at radius 2 is 1.67 bits per heavy atom. The number of benzene rings is 1. The molecule has 4 aliphatic rings. The first-order chi connectivity index (χ1) is 16.2. The SMILES string of the molecule is O=C(CC1CSC(C2CCCCC2c2ccc(Cl)cc2)=C1CN1CCCC1)N1CCOCC1. The molecule has 3 unspecified atom stereocenters. The van der Waals surface area contributed by atoms with E-state index in [-0.39, 0.29) is 0 Å². The van der Waals surface area contributed by atoms with E-state index in [1.807, 2.05) is 17.0 Å². The number of likely N-dealkylation sites (tertiary alicyclic amines) is 1. The minimum absolute atomic E-state index is 0.321. The van der Waals surface area contributed by atoms with Crippen LogP contribution in [0.15, 0.2) is 34.7 Å². The number of carbonyl (C=O) groups is 1. The monoisotopic (exact) mass is 488 g/mol. The molecule has 4 nitrogen and oxygen atoms in total. The summed E-state index contributed by atoms with van der Waals surface area (Å²) in [6.45, 7) is 6.33. The topological polar surface area (TPSA) is 32.8 Å². The highest BCUT2D eigenvalue weighted by Crippen LogP contribution is 2.51. The maximum absolute atomic E-state index is 13.1. The van der Waals surface area contributed by atoms with Gasteiger partial charge in [-0.15, -0.1) is 11.8 Å². The lowest BCUT2D eigenvalue weighted by Crippen LogP contribution is -2.41. The zero-order valence-corrected chi connectivity index (χ0v) is 21.2. The molecule has 1 saturated carbocycles. The van der Waals surface area contributed by atoms with E-state index in [1.165, 1.54) is 57.2 Å². The third-order valence-corrected chi connectivity index (χ3v) is 9.72. The molecular weight excluding hydrogens is 452 g/mol. The van der Waals surface area contributed by atoms with Crippen LogP contribution in [0.3, 0.4) is 0 Å². The average Bonchev–Trinajstić information content (AvgIpc) is 3.51. The summed E-state index contributed by atoms with van der Waals surface area (Å²) >= 11 is 8.27. The summed E-state index contributed by atoms with van der Waals surface area (Å²) in [7, 11) is 0. The van der Waals surface area contributed by atoms with E-state index in [0.29, 0.717) is 43.3 Å². The van der Waals surface area contributed by atoms with Gasteiger partial charge in [-0.1, -0.05) is 36.6 Å². The molecule has 0 radical (unpaired) electrons. The van der Waals surface area contributed by atoms with Gasteiger partial charge in [0.25, 0.3) is 0 Å². The Bertz CT molecular complexity index is 846. The van der Waals surface area contributed by atoms with E-state index in [2.05, 4.69) is 28.8 Å². The molecule has 3 heterocycles. The van der Waals surface area contributed by atoms with Gasteiger partial charge < -0.3 is 9.64 Å². The van der Waals surface area contributed by atoms with Crippen LogP contribution in [0.4, 0.5) is 0 Å². The molecule has 3 aliphatic heterocycles. The van der Waals surface area contributed by atoms with Crippen molar-refractivity contribution in [2.45, 2.75) is 50.9 Å². The summed E-state index contributed by atoms with van der Waals surface area (Å²) in [6, 6.07) is 8.58. The summed E-state index contributed by atoms with van der Waals surface area (Å²) in [4.78, 5) is 19.4. The first kappa shape index (κ1) is 23.7. The van der Waals surface area contributed by atoms with Crippen molar-refractivity contribution < 1.29 is 9.53 Å². The zero-order chi connectivity index (χ0) is 22.6. The van der Waals surface area contributed by atoms with Crippen molar-refractivity contribution in [3.63, 3.8) is 0 Å². The number of rotatable bonds is 6. The summed E-state index contributed by atoms with van der Waals surface area (Å²) < 4.78 is 5.46. The second-order valence-electron chi connectivity index (χ2n) is 10.1. The lowest BCUT2D eigenvalue weighted by Gasteiger charge is -2.34. The Balaban J connectivity index is 1.40. The molecule has 0 bridgehead atoms. The quantitative estimate of drug-likeness (QED) is 0.523. The molecule has 1 aromatic carbocycles. The fourth-order valence-corrected chi connectivity index (χ4v) is 7.95. The van der Waals surface area contributed by atoms with Crippen LogP contribution in [-0.2, 0) is 9.53 Å². The average molecular weight is 489 g/mol. The number of nitrogens with zero attached hydrogens (tertiary/aromatic N) is 2. The molecule has 0 N–H and O–H groups in total. The Morgan fingerprint density at radius 3 is 2.39 bits per heavy atom. The van der Waals surface area contributed by atoms with Gasteiger partial charge in [-0.2, -0.15) is 0 Å². The molecule has 1 aromatic rings. The van der Waals surface area contributed by atoms with Crippen molar-refractivity contribution in [2.75, 3.05) is 51.7 Å². The third-order valence-electron chi connectivity index (χ3n) is 8.03. The number of carbonyl (C=O) groups excluding carboxylic acids is 1. The second kappa shape index (κ2) is 11.2. The molecule has 5 rings (SSSR count). The number of halogens is 1. The molecule has 3 fully saturated rings. The molecule has 0 aromatic heterocycles. The predicted molar refractivity (Wildman–Crippen MR) is 137 cm³/mol. The standard InChI is InChI=1S/C27H37ClN2O2S/c28-22-9-7-20(8-10-22)23-5-1-2-6-24(23)27-25(18-29-11-3-4-12-29)21(19-33-27)17-26(31)30-13-15-32-16-14-30/h7-10,21,23-24H,1-6,11-19H2. The molecule has 1 amide bonds. The number of morpholine rings is 1. The molecule has 6 heteroatoms. The van der Waals surface area contributed by atoms with Gasteiger partial charge in [0.2, 0.25) is 5.91 Å². The van der Waals surface area contributed by atoms with Crippen molar-refractivity contribution >= 4 is 29.3 Å². The van der Waals surface area contributed by atoms with Gasteiger partial charge in [0.05, 0.1) is 13.2 Å². The Labute approximate surface area is 208 Å². The van der Waals surface area contributed by atoms with Gasteiger partial charge in [0.15, 0.2) is 0 Å². The Morgan fingerprint density at radius 1 is 0.970 bits per heavy atom. The van der Waals surface area contributed by atoms with Crippen LogP contribution in [0, 0.1) is 11.8 Å². The number of hydrogen-bond acceptors (Lipinski definition) is 4. The highest BCUT2D eigenvalue weighted by atomic mass is 35.5. The zero-order valence-electron chi connectivity index (χ0n) is 19.6. The van der Waals surface area contributed by atoms with Crippen LogP contribution >= 0.6 is 23.4 Å².